The fourth-order valence-corrected chi connectivity index (χ4v) is 2.63. The first-order valence-corrected chi connectivity index (χ1v) is 8.47. The van der Waals surface area contributed by atoms with Crippen LogP contribution in [-0.2, 0) is 15.8 Å². The van der Waals surface area contributed by atoms with Gasteiger partial charge in [-0.05, 0) is 39.1 Å². The Morgan fingerprint density at radius 3 is 2.44 bits per heavy atom. The van der Waals surface area contributed by atoms with Gasteiger partial charge in [0, 0.05) is 18.8 Å². The van der Waals surface area contributed by atoms with Crippen LogP contribution in [-0.4, -0.2) is 64.8 Å². The van der Waals surface area contributed by atoms with E-state index in [0.29, 0.717) is 18.8 Å². The summed E-state index contributed by atoms with van der Waals surface area (Å²) in [6.45, 7) is 5.03. The average molecular weight is 385 g/mol. The molecule has 7 nitrogen and oxygen atoms in total. The first-order chi connectivity index (χ1) is 12.6. The molecule has 148 valence electrons. The second kappa shape index (κ2) is 8.38. The van der Waals surface area contributed by atoms with E-state index in [9.17, 15) is 22.8 Å². The molecule has 0 unspecified atom stereocenters. The van der Waals surface area contributed by atoms with Crippen LogP contribution in [0.25, 0.3) is 11.0 Å². The lowest BCUT2D eigenvalue weighted by molar-refractivity contribution is -0.144. The zero-order valence-electron chi connectivity index (χ0n) is 15.4. The van der Waals surface area contributed by atoms with E-state index in [0.717, 1.165) is 0 Å². The summed E-state index contributed by atoms with van der Waals surface area (Å²) in [5, 5.41) is 2.61. The molecule has 2 rings (SSSR count). The number of imidazole rings is 1. The van der Waals surface area contributed by atoms with Crippen LogP contribution in [0, 0.1) is 0 Å². The highest BCUT2D eigenvalue weighted by Gasteiger charge is 2.34. The smallest absolute Gasteiger partial charge is 0.342 e. The second-order valence-electron chi connectivity index (χ2n) is 6.10. The van der Waals surface area contributed by atoms with E-state index in [1.165, 1.54) is 18.2 Å². The topological polar surface area (TPSA) is 81.3 Å². The summed E-state index contributed by atoms with van der Waals surface area (Å²) in [5.74, 6) is -1.54. The van der Waals surface area contributed by atoms with Crippen molar-refractivity contribution in [3.05, 3.63) is 24.0 Å². The maximum atomic E-state index is 12.7. The molecule has 0 atom stereocenters. The Kier molecular flexibility index (Phi) is 6.42. The molecule has 27 heavy (non-hydrogen) atoms. The summed E-state index contributed by atoms with van der Waals surface area (Å²) >= 11 is 0. The fourth-order valence-electron chi connectivity index (χ4n) is 2.63. The highest BCUT2D eigenvalue weighted by atomic mass is 19.4. The minimum absolute atomic E-state index is 0.0260. The van der Waals surface area contributed by atoms with Gasteiger partial charge in [-0.15, -0.1) is 0 Å². The molecule has 10 heteroatoms. The number of benzene rings is 1. The molecule has 2 aromatic rings. The van der Waals surface area contributed by atoms with Crippen LogP contribution >= 0.6 is 0 Å². The number of aromatic amines is 1. The monoisotopic (exact) mass is 385 g/mol. The number of rotatable bonds is 7. The van der Waals surface area contributed by atoms with Gasteiger partial charge in [-0.25, -0.2) is 4.98 Å². The number of carbonyl (C=O) groups excluding carboxylic acids is 2. The standard InChI is InChI=1S/C17H22F3N5O2/c1-4-25(5-2)15(27)10-24(3)9-14(26)21-11-6-7-12-13(8-11)23-16(22-12)17(18,19)20/h6-8H,4-5,9-10H2,1-3H3,(H,21,26)(H,22,23). The Morgan fingerprint density at radius 1 is 1.19 bits per heavy atom. The number of hydrogen-bond acceptors (Lipinski definition) is 4. The van der Waals surface area contributed by atoms with Crippen LogP contribution in [0.1, 0.15) is 19.7 Å². The zero-order chi connectivity index (χ0) is 20.2. The van der Waals surface area contributed by atoms with Crippen molar-refractivity contribution in [3.8, 4) is 0 Å². The van der Waals surface area contributed by atoms with Crippen molar-refractivity contribution < 1.29 is 22.8 Å². The Hall–Kier alpha value is -2.62. The molecule has 0 bridgehead atoms. The van der Waals surface area contributed by atoms with E-state index < -0.39 is 12.0 Å². The summed E-state index contributed by atoms with van der Waals surface area (Å²) in [4.78, 5) is 33.1. The molecular weight excluding hydrogens is 363 g/mol. The summed E-state index contributed by atoms with van der Waals surface area (Å²) in [6.07, 6.45) is -4.57. The minimum atomic E-state index is -4.57. The molecule has 2 amide bonds. The van der Waals surface area contributed by atoms with Crippen molar-refractivity contribution in [2.45, 2.75) is 20.0 Å². The first kappa shape index (κ1) is 20.7. The van der Waals surface area contributed by atoms with E-state index in [4.69, 9.17) is 0 Å². The molecule has 0 saturated heterocycles. The quantitative estimate of drug-likeness (QED) is 0.767. The fraction of sp³-hybridized carbons (Fsp3) is 0.471. The number of likely N-dealkylation sites (N-methyl/N-ethyl adjacent to an activating group) is 2. The van der Waals surface area contributed by atoms with Gasteiger partial charge in [0.2, 0.25) is 17.6 Å². The van der Waals surface area contributed by atoms with Gasteiger partial charge in [0.05, 0.1) is 24.1 Å². The molecule has 2 N–H and O–H groups in total. The third-order valence-corrected chi connectivity index (χ3v) is 3.97. The first-order valence-electron chi connectivity index (χ1n) is 8.47. The third kappa shape index (κ3) is 5.43. The number of halogens is 3. The summed E-state index contributed by atoms with van der Waals surface area (Å²) < 4.78 is 38.1. The molecule has 1 aromatic carbocycles. The van der Waals surface area contributed by atoms with Crippen molar-refractivity contribution in [1.82, 2.24) is 19.8 Å². The Labute approximate surface area is 154 Å². The predicted octanol–water partition coefficient (Wildman–Crippen LogP) is 2.32. The van der Waals surface area contributed by atoms with Crippen molar-refractivity contribution >= 4 is 28.5 Å². The number of nitrogens with zero attached hydrogens (tertiary/aromatic N) is 3. The van der Waals surface area contributed by atoms with Gasteiger partial charge in [-0.1, -0.05) is 0 Å². The number of fused-ring (bicyclic) bond motifs is 1. The summed E-state index contributed by atoms with van der Waals surface area (Å²) in [7, 11) is 1.65. The lowest BCUT2D eigenvalue weighted by atomic mass is 10.2. The molecule has 0 aliphatic carbocycles. The molecule has 0 saturated carbocycles. The van der Waals surface area contributed by atoms with Gasteiger partial charge in [-0.3, -0.25) is 14.5 Å². The maximum absolute atomic E-state index is 12.7. The van der Waals surface area contributed by atoms with Gasteiger partial charge in [0.25, 0.3) is 0 Å². The number of hydrogen-bond donors (Lipinski definition) is 2. The second-order valence-corrected chi connectivity index (χ2v) is 6.10. The maximum Gasteiger partial charge on any atom is 0.449 e. The van der Waals surface area contributed by atoms with Crippen LogP contribution in [0.3, 0.4) is 0 Å². The Bertz CT molecular complexity index is 814. The number of amides is 2. The predicted molar refractivity (Wildman–Crippen MR) is 95.2 cm³/mol. The van der Waals surface area contributed by atoms with Crippen LogP contribution in [0.2, 0.25) is 0 Å². The van der Waals surface area contributed by atoms with Crippen LogP contribution < -0.4 is 5.32 Å². The normalized spacial score (nSPS) is 11.8. The lowest BCUT2D eigenvalue weighted by Gasteiger charge is -2.22. The van der Waals surface area contributed by atoms with Crippen LogP contribution in [0.4, 0.5) is 18.9 Å². The number of anilines is 1. The Morgan fingerprint density at radius 2 is 1.85 bits per heavy atom. The van der Waals surface area contributed by atoms with Gasteiger partial charge in [0.15, 0.2) is 0 Å². The number of alkyl halides is 3. The molecule has 0 aliphatic rings. The highest BCUT2D eigenvalue weighted by molar-refractivity contribution is 5.94. The number of carbonyl (C=O) groups is 2. The largest absolute Gasteiger partial charge is 0.449 e. The van der Waals surface area contributed by atoms with Gasteiger partial charge in [0.1, 0.15) is 0 Å². The zero-order valence-corrected chi connectivity index (χ0v) is 15.4. The van der Waals surface area contributed by atoms with Crippen LogP contribution in [0.15, 0.2) is 18.2 Å². The van der Waals surface area contributed by atoms with E-state index in [1.807, 2.05) is 13.8 Å². The van der Waals surface area contributed by atoms with Crippen LogP contribution in [0.5, 0.6) is 0 Å². The lowest BCUT2D eigenvalue weighted by Crippen LogP contribution is -2.41. The highest BCUT2D eigenvalue weighted by Crippen LogP contribution is 2.29. The van der Waals surface area contributed by atoms with Crippen molar-refractivity contribution in [3.63, 3.8) is 0 Å². The van der Waals surface area contributed by atoms with Gasteiger partial charge < -0.3 is 15.2 Å². The summed E-state index contributed by atoms with van der Waals surface area (Å²) in [6, 6.07) is 4.25. The molecule has 0 aliphatic heterocycles. The Balaban J connectivity index is 1.98. The molecule has 0 fully saturated rings. The van der Waals surface area contributed by atoms with E-state index in [1.54, 1.807) is 16.8 Å². The number of aromatic nitrogens is 2. The van der Waals surface area contributed by atoms with Crippen molar-refractivity contribution in [2.24, 2.45) is 0 Å². The third-order valence-electron chi connectivity index (χ3n) is 3.97. The summed E-state index contributed by atoms with van der Waals surface area (Å²) in [5.41, 5.74) is 0.667. The molecular formula is C17H22F3N5O2. The van der Waals surface area contributed by atoms with E-state index >= 15 is 0 Å². The minimum Gasteiger partial charge on any atom is -0.342 e. The number of H-pyrrole nitrogens is 1. The van der Waals surface area contributed by atoms with Crippen molar-refractivity contribution in [2.75, 3.05) is 38.5 Å². The van der Waals surface area contributed by atoms with E-state index in [-0.39, 0.29) is 35.9 Å². The van der Waals surface area contributed by atoms with Gasteiger partial charge in [-0.2, -0.15) is 13.2 Å². The van der Waals surface area contributed by atoms with E-state index in [2.05, 4.69) is 15.3 Å². The molecule has 0 spiro atoms. The molecule has 1 heterocycles. The molecule has 1 aromatic heterocycles. The van der Waals surface area contributed by atoms with Crippen molar-refractivity contribution in [1.29, 1.82) is 0 Å². The molecule has 0 radical (unpaired) electrons. The SMILES string of the molecule is CCN(CC)C(=O)CN(C)CC(=O)Nc1ccc2nc(C(F)(F)F)[nH]c2c1. The average Bonchev–Trinajstić information content (AvgIpc) is 2.99. The van der Waals surface area contributed by atoms with Gasteiger partial charge >= 0.3 is 6.18 Å². The number of nitrogens with one attached hydrogen (secondary N) is 2.